The first kappa shape index (κ1) is 15.3. The number of thiazole rings is 1. The van der Waals surface area contributed by atoms with Crippen LogP contribution >= 0.6 is 34.3 Å². The van der Waals surface area contributed by atoms with Crippen LogP contribution in [0.3, 0.4) is 0 Å². The Bertz CT molecular complexity index is 1030. The van der Waals surface area contributed by atoms with Crippen molar-refractivity contribution in [2.24, 2.45) is 0 Å². The fourth-order valence-electron chi connectivity index (χ4n) is 2.44. The van der Waals surface area contributed by atoms with Gasteiger partial charge in [-0.05, 0) is 35.7 Å². The van der Waals surface area contributed by atoms with Gasteiger partial charge in [0.1, 0.15) is 0 Å². The van der Waals surface area contributed by atoms with Gasteiger partial charge in [-0.3, -0.25) is 9.20 Å². The standard InChI is InChI=1S/C18H11ClN2OS2/c19-13-5-3-12(4-6-13)17-14(21-9-11-24-18(21)20-17)7-8-15(22)16-2-1-10-23-16/h1-11H. The Kier molecular flexibility index (Phi) is 4.06. The fraction of sp³-hybridized carbons (Fsp3) is 0. The van der Waals surface area contributed by atoms with Gasteiger partial charge in [0, 0.05) is 22.2 Å². The summed E-state index contributed by atoms with van der Waals surface area (Å²) in [6.45, 7) is 0. The minimum atomic E-state index is -0.00256. The molecule has 0 aliphatic carbocycles. The summed E-state index contributed by atoms with van der Waals surface area (Å²) >= 11 is 8.98. The normalized spacial score (nSPS) is 11.5. The third kappa shape index (κ3) is 2.82. The van der Waals surface area contributed by atoms with Crippen LogP contribution in [0.1, 0.15) is 15.4 Å². The Labute approximate surface area is 151 Å². The smallest absolute Gasteiger partial charge is 0.195 e. The lowest BCUT2D eigenvalue weighted by Crippen LogP contribution is -1.91. The quantitative estimate of drug-likeness (QED) is 0.342. The Morgan fingerprint density at radius 3 is 2.71 bits per heavy atom. The summed E-state index contributed by atoms with van der Waals surface area (Å²) in [4.78, 5) is 18.6. The lowest BCUT2D eigenvalue weighted by Gasteiger charge is -2.00. The van der Waals surface area contributed by atoms with E-state index in [0.29, 0.717) is 5.02 Å². The Hall–Kier alpha value is -2.21. The van der Waals surface area contributed by atoms with Crippen LogP contribution in [0.15, 0.2) is 59.4 Å². The number of imidazole rings is 1. The molecule has 0 unspecified atom stereocenters. The maximum atomic E-state index is 12.2. The number of fused-ring (bicyclic) bond motifs is 1. The minimum absolute atomic E-state index is 0.00256. The number of hydrogen-bond donors (Lipinski definition) is 0. The van der Waals surface area contributed by atoms with Gasteiger partial charge >= 0.3 is 0 Å². The van der Waals surface area contributed by atoms with Gasteiger partial charge in [0.25, 0.3) is 0 Å². The largest absolute Gasteiger partial charge is 0.290 e. The van der Waals surface area contributed by atoms with Gasteiger partial charge in [0.05, 0.1) is 16.3 Å². The van der Waals surface area contributed by atoms with Gasteiger partial charge in [0.15, 0.2) is 10.7 Å². The zero-order valence-electron chi connectivity index (χ0n) is 12.3. The van der Waals surface area contributed by atoms with E-state index < -0.39 is 0 Å². The number of allylic oxidation sites excluding steroid dienone is 1. The third-order valence-electron chi connectivity index (χ3n) is 3.57. The number of halogens is 1. The van der Waals surface area contributed by atoms with Crippen molar-refractivity contribution in [2.75, 3.05) is 0 Å². The molecule has 4 rings (SSSR count). The molecule has 3 nitrogen and oxygen atoms in total. The second-order valence-corrected chi connectivity index (χ2v) is 7.34. The van der Waals surface area contributed by atoms with E-state index >= 15 is 0 Å². The molecule has 118 valence electrons. The van der Waals surface area contributed by atoms with Crippen LogP contribution < -0.4 is 0 Å². The molecule has 0 saturated heterocycles. The number of hydrogen-bond acceptors (Lipinski definition) is 4. The van der Waals surface area contributed by atoms with Crippen LogP contribution in [-0.4, -0.2) is 15.2 Å². The summed E-state index contributed by atoms with van der Waals surface area (Å²) in [6, 6.07) is 11.3. The number of carbonyl (C=O) groups excluding carboxylic acids is 1. The maximum absolute atomic E-state index is 12.2. The molecule has 0 radical (unpaired) electrons. The molecule has 0 saturated carbocycles. The highest BCUT2D eigenvalue weighted by Gasteiger charge is 2.13. The van der Waals surface area contributed by atoms with E-state index in [1.165, 1.54) is 11.3 Å². The molecule has 0 aliphatic heterocycles. The van der Waals surface area contributed by atoms with Crippen LogP contribution in [0, 0.1) is 0 Å². The molecule has 0 bridgehead atoms. The average Bonchev–Trinajstić information content (AvgIpc) is 3.31. The first-order chi connectivity index (χ1) is 11.7. The van der Waals surface area contributed by atoms with Crippen molar-refractivity contribution in [2.45, 2.75) is 0 Å². The molecular formula is C18H11ClN2OS2. The number of aromatic nitrogens is 2. The summed E-state index contributed by atoms with van der Waals surface area (Å²) in [5, 5.41) is 4.56. The van der Waals surface area contributed by atoms with Crippen molar-refractivity contribution in [3.8, 4) is 11.3 Å². The molecule has 0 spiro atoms. The molecule has 1 aromatic carbocycles. The summed E-state index contributed by atoms with van der Waals surface area (Å²) in [5.74, 6) is -0.00256. The predicted molar refractivity (Wildman–Crippen MR) is 101 cm³/mol. The molecule has 3 aromatic heterocycles. The highest BCUT2D eigenvalue weighted by atomic mass is 35.5. The van der Waals surface area contributed by atoms with E-state index in [1.54, 1.807) is 17.4 Å². The second kappa shape index (κ2) is 6.36. The zero-order valence-corrected chi connectivity index (χ0v) is 14.7. The average molecular weight is 371 g/mol. The molecule has 0 fully saturated rings. The molecule has 24 heavy (non-hydrogen) atoms. The molecule has 0 N–H and O–H groups in total. The van der Waals surface area contributed by atoms with Gasteiger partial charge in [-0.1, -0.05) is 29.8 Å². The number of carbonyl (C=O) groups is 1. The van der Waals surface area contributed by atoms with Crippen molar-refractivity contribution >= 4 is 51.1 Å². The van der Waals surface area contributed by atoms with Crippen molar-refractivity contribution in [1.29, 1.82) is 0 Å². The zero-order chi connectivity index (χ0) is 16.5. The van der Waals surface area contributed by atoms with E-state index in [2.05, 4.69) is 0 Å². The lowest BCUT2D eigenvalue weighted by molar-refractivity contribution is 0.105. The van der Waals surface area contributed by atoms with Gasteiger partial charge in [-0.25, -0.2) is 4.98 Å². The number of benzene rings is 1. The summed E-state index contributed by atoms with van der Waals surface area (Å²) in [7, 11) is 0. The Morgan fingerprint density at radius 2 is 1.96 bits per heavy atom. The van der Waals surface area contributed by atoms with E-state index in [9.17, 15) is 4.79 Å². The van der Waals surface area contributed by atoms with Crippen LogP contribution in [0.2, 0.25) is 5.02 Å². The van der Waals surface area contributed by atoms with Gasteiger partial charge in [0.2, 0.25) is 0 Å². The van der Waals surface area contributed by atoms with E-state index in [-0.39, 0.29) is 5.78 Å². The first-order valence-electron chi connectivity index (χ1n) is 7.20. The van der Waals surface area contributed by atoms with Crippen molar-refractivity contribution < 1.29 is 4.79 Å². The van der Waals surface area contributed by atoms with E-state index in [4.69, 9.17) is 16.6 Å². The third-order valence-corrected chi connectivity index (χ3v) is 5.47. The Balaban J connectivity index is 1.78. The number of nitrogens with zero attached hydrogens (tertiary/aromatic N) is 2. The van der Waals surface area contributed by atoms with Gasteiger partial charge < -0.3 is 0 Å². The van der Waals surface area contributed by atoms with Crippen LogP contribution in [0.25, 0.3) is 22.3 Å². The highest BCUT2D eigenvalue weighted by molar-refractivity contribution is 7.15. The van der Waals surface area contributed by atoms with Crippen molar-refractivity contribution in [1.82, 2.24) is 9.38 Å². The molecule has 6 heteroatoms. The maximum Gasteiger partial charge on any atom is 0.195 e. The predicted octanol–water partition coefficient (Wildman–Crippen LogP) is 5.67. The van der Waals surface area contributed by atoms with Crippen LogP contribution in [0.4, 0.5) is 0 Å². The Morgan fingerprint density at radius 1 is 1.12 bits per heavy atom. The lowest BCUT2D eigenvalue weighted by atomic mass is 10.1. The summed E-state index contributed by atoms with van der Waals surface area (Å²) in [6.07, 6.45) is 5.40. The SMILES string of the molecule is O=C(C=Cc1c(-c2ccc(Cl)cc2)nc2sccn12)c1cccs1. The summed E-state index contributed by atoms with van der Waals surface area (Å²) < 4.78 is 1.99. The van der Waals surface area contributed by atoms with Crippen LogP contribution in [0.5, 0.6) is 0 Å². The van der Waals surface area contributed by atoms with E-state index in [1.807, 2.05) is 63.8 Å². The molecule has 3 heterocycles. The number of rotatable bonds is 4. The summed E-state index contributed by atoms with van der Waals surface area (Å²) in [5.41, 5.74) is 2.70. The monoisotopic (exact) mass is 370 g/mol. The van der Waals surface area contributed by atoms with Crippen molar-refractivity contribution in [3.05, 3.63) is 75.0 Å². The number of thiophene rings is 1. The van der Waals surface area contributed by atoms with Gasteiger partial charge in [-0.15, -0.1) is 22.7 Å². The molecule has 0 atom stereocenters. The van der Waals surface area contributed by atoms with Crippen molar-refractivity contribution in [3.63, 3.8) is 0 Å². The first-order valence-corrected chi connectivity index (χ1v) is 9.33. The second-order valence-electron chi connectivity index (χ2n) is 5.08. The number of ketones is 1. The molecule has 0 amide bonds. The fourth-order valence-corrected chi connectivity index (χ4v) is 3.93. The highest BCUT2D eigenvalue weighted by Crippen LogP contribution is 2.28. The topological polar surface area (TPSA) is 34.4 Å². The minimum Gasteiger partial charge on any atom is -0.290 e. The van der Waals surface area contributed by atoms with Gasteiger partial charge in [-0.2, -0.15) is 0 Å². The molecular weight excluding hydrogens is 360 g/mol. The van der Waals surface area contributed by atoms with E-state index in [0.717, 1.165) is 26.8 Å². The molecule has 4 aromatic rings. The van der Waals surface area contributed by atoms with Crippen LogP contribution in [-0.2, 0) is 0 Å². The molecule has 0 aliphatic rings.